The van der Waals surface area contributed by atoms with Gasteiger partial charge in [0.2, 0.25) is 0 Å². The van der Waals surface area contributed by atoms with Crippen LogP contribution < -0.4 is 0 Å². The number of rotatable bonds is 12. The number of ether oxygens (including phenoxy) is 1. The van der Waals surface area contributed by atoms with Crippen LogP contribution in [0.2, 0.25) is 36.5 Å². The summed E-state index contributed by atoms with van der Waals surface area (Å²) in [5.41, 5.74) is -0.368. The van der Waals surface area contributed by atoms with E-state index in [0.29, 0.717) is 3.56 Å². The summed E-state index contributed by atoms with van der Waals surface area (Å²) in [5, 5.41) is 0. The van der Waals surface area contributed by atoms with Gasteiger partial charge in [0.1, 0.15) is 0 Å². The predicted molar refractivity (Wildman–Crippen MR) is 118 cm³/mol. The molecule has 0 aliphatic carbocycles. The van der Waals surface area contributed by atoms with Crippen molar-refractivity contribution < 1.29 is 9.53 Å². The van der Waals surface area contributed by atoms with Crippen molar-refractivity contribution in [3.63, 3.8) is 0 Å². The van der Waals surface area contributed by atoms with E-state index in [1.54, 1.807) is 0 Å². The van der Waals surface area contributed by atoms with Gasteiger partial charge in [0.05, 0.1) is 0 Å². The van der Waals surface area contributed by atoms with Gasteiger partial charge in [-0.15, -0.1) is 0 Å². The van der Waals surface area contributed by atoms with Gasteiger partial charge in [0, 0.05) is 0 Å². The first-order valence-corrected chi connectivity index (χ1v) is 21.9. The molecule has 1 unspecified atom stereocenters. The molecule has 2 nitrogen and oxygen atoms in total. The van der Waals surface area contributed by atoms with Crippen molar-refractivity contribution in [2.24, 2.45) is 0 Å². The zero-order valence-electron chi connectivity index (χ0n) is 18.8. The molecule has 0 radical (unpaired) electrons. The molecule has 0 N–H and O–H groups in total. The van der Waals surface area contributed by atoms with Gasteiger partial charge in [-0.1, -0.05) is 0 Å². The Morgan fingerprint density at radius 2 is 1.24 bits per heavy atom. The van der Waals surface area contributed by atoms with Gasteiger partial charge in [-0.3, -0.25) is 0 Å². The van der Waals surface area contributed by atoms with Crippen LogP contribution in [-0.2, 0) is 9.53 Å². The van der Waals surface area contributed by atoms with Crippen molar-refractivity contribution in [2.75, 3.05) is 0 Å². The van der Waals surface area contributed by atoms with Crippen LogP contribution in [0.1, 0.15) is 80.1 Å². The Labute approximate surface area is 163 Å². The SMILES string of the molecule is CCC[CH2][Sn]([CH2]CCC)([CH2]CCC)[CH](C(=O)OC(C)(C)C)[Si](C)(C)C. The first-order chi connectivity index (χ1) is 11.4. The fourth-order valence-corrected chi connectivity index (χ4v) is 40.8. The normalized spacial score (nSPS) is 14.4. The molecule has 0 saturated carbocycles. The fraction of sp³-hybridized carbons (Fsp3) is 0.952. The van der Waals surface area contributed by atoms with E-state index in [-0.39, 0.29) is 11.6 Å². The van der Waals surface area contributed by atoms with Gasteiger partial charge in [-0.05, 0) is 0 Å². The van der Waals surface area contributed by atoms with Crippen molar-refractivity contribution in [1.29, 1.82) is 0 Å². The molecule has 0 bridgehead atoms. The molecule has 0 rings (SSSR count). The summed E-state index contributed by atoms with van der Waals surface area (Å²) in [6.45, 7) is 20.2. The molecule has 0 aromatic heterocycles. The van der Waals surface area contributed by atoms with Crippen molar-refractivity contribution in [1.82, 2.24) is 0 Å². The van der Waals surface area contributed by atoms with Gasteiger partial charge in [-0.2, -0.15) is 0 Å². The molecule has 0 spiro atoms. The number of hydrogen-bond acceptors (Lipinski definition) is 2. The molecule has 1 atom stereocenters. The van der Waals surface area contributed by atoms with Crippen LogP contribution in [0.3, 0.4) is 0 Å². The second-order valence-corrected chi connectivity index (χ2v) is 30.7. The molecule has 0 aliphatic rings. The average molecular weight is 477 g/mol. The molecule has 0 aromatic rings. The van der Waals surface area contributed by atoms with Crippen LogP contribution in [0.25, 0.3) is 0 Å². The quantitative estimate of drug-likeness (QED) is 0.216. The van der Waals surface area contributed by atoms with E-state index in [2.05, 4.69) is 40.4 Å². The fourth-order valence-electron chi connectivity index (χ4n) is 4.28. The number of esters is 1. The van der Waals surface area contributed by atoms with Crippen LogP contribution in [0.15, 0.2) is 0 Å². The summed E-state index contributed by atoms with van der Waals surface area (Å²) in [6.07, 6.45) is 7.70. The number of unbranched alkanes of at least 4 members (excludes halogenated alkanes) is 3. The number of carbonyl (C=O) groups excluding carboxylic acids is 1. The van der Waals surface area contributed by atoms with E-state index in [0.717, 1.165) is 0 Å². The second-order valence-electron chi connectivity index (χ2n) is 10.0. The van der Waals surface area contributed by atoms with E-state index in [9.17, 15) is 4.79 Å². The summed E-state index contributed by atoms with van der Waals surface area (Å²) < 4.78 is 10.5. The average Bonchev–Trinajstić information content (AvgIpc) is 2.45. The third kappa shape index (κ3) is 9.30. The standard InChI is InChI=1S/C9H19O2Si.3C4H9.Sn/c1-9(2,3)11-8(10)7-12(4,5)6;3*1-3-4-2;/h7H,1-6H3;3*1,3-4H2,2H3;. The Balaban J connectivity index is 5.94. The first-order valence-electron chi connectivity index (χ1n) is 10.7. The minimum absolute atomic E-state index is 0.172. The molecular weight excluding hydrogens is 431 g/mol. The Morgan fingerprint density at radius 1 is 0.880 bits per heavy atom. The Hall–Kier alpha value is 0.486. The molecule has 0 aliphatic heterocycles. The zero-order valence-corrected chi connectivity index (χ0v) is 22.6. The van der Waals surface area contributed by atoms with Gasteiger partial charge in [0.25, 0.3) is 0 Å². The molecule has 0 fully saturated rings. The molecule has 0 heterocycles. The van der Waals surface area contributed by atoms with Gasteiger partial charge >= 0.3 is 164 Å². The van der Waals surface area contributed by atoms with Crippen molar-refractivity contribution >= 4 is 32.4 Å². The summed E-state index contributed by atoms with van der Waals surface area (Å²) in [4.78, 5) is 13.4. The van der Waals surface area contributed by atoms with Crippen LogP contribution >= 0.6 is 0 Å². The molecule has 0 amide bonds. The van der Waals surface area contributed by atoms with Crippen molar-refractivity contribution in [3.05, 3.63) is 0 Å². The van der Waals surface area contributed by atoms with Crippen LogP contribution in [0.4, 0.5) is 0 Å². The van der Waals surface area contributed by atoms with Crippen LogP contribution in [0, 0.1) is 0 Å². The van der Waals surface area contributed by atoms with Crippen molar-refractivity contribution in [2.45, 2.75) is 122 Å². The molecule has 150 valence electrons. The Bertz CT molecular complexity index is 361. The van der Waals surface area contributed by atoms with E-state index < -0.39 is 26.5 Å². The van der Waals surface area contributed by atoms with E-state index >= 15 is 0 Å². The zero-order chi connectivity index (χ0) is 19.7. The van der Waals surface area contributed by atoms with Gasteiger partial charge < -0.3 is 0 Å². The monoisotopic (exact) mass is 478 g/mol. The van der Waals surface area contributed by atoms with Crippen LogP contribution in [-0.4, -0.2) is 38.0 Å². The molecule has 25 heavy (non-hydrogen) atoms. The van der Waals surface area contributed by atoms with Crippen LogP contribution in [0.5, 0.6) is 0 Å². The second kappa shape index (κ2) is 11.4. The number of hydrogen-bond donors (Lipinski definition) is 0. The third-order valence-corrected chi connectivity index (χ3v) is 34.4. The molecule has 0 aromatic carbocycles. The summed E-state index contributed by atoms with van der Waals surface area (Å²) in [6, 6.07) is 0. The van der Waals surface area contributed by atoms with E-state index in [1.807, 2.05) is 20.8 Å². The van der Waals surface area contributed by atoms with Gasteiger partial charge in [0.15, 0.2) is 0 Å². The van der Waals surface area contributed by atoms with Gasteiger partial charge in [-0.25, -0.2) is 0 Å². The summed E-state index contributed by atoms with van der Waals surface area (Å²) >= 11 is -2.64. The predicted octanol–water partition coefficient (Wildman–Crippen LogP) is 7.42. The number of carbonyl (C=O) groups is 1. The Morgan fingerprint density at radius 3 is 1.48 bits per heavy atom. The van der Waals surface area contributed by atoms with E-state index in [4.69, 9.17) is 4.74 Å². The Kier molecular flexibility index (Phi) is 11.6. The molecule has 0 saturated heterocycles. The van der Waals surface area contributed by atoms with Crippen molar-refractivity contribution in [3.8, 4) is 0 Å². The maximum absolute atomic E-state index is 13.4. The summed E-state index contributed by atoms with van der Waals surface area (Å²) in [5.74, 6) is 0.172. The third-order valence-electron chi connectivity index (χ3n) is 5.21. The summed E-state index contributed by atoms with van der Waals surface area (Å²) in [7, 11) is -1.62. The van der Waals surface area contributed by atoms with E-state index in [1.165, 1.54) is 51.8 Å². The minimum atomic E-state index is -2.64. The molecular formula is C21H46O2SiSn. The first kappa shape index (κ1) is 25.5. The topological polar surface area (TPSA) is 26.3 Å². The molecule has 4 heteroatoms. The maximum atomic E-state index is 13.4.